The van der Waals surface area contributed by atoms with Crippen molar-refractivity contribution < 1.29 is 23.0 Å². The Morgan fingerprint density at radius 1 is 1.04 bits per heavy atom. The molecule has 0 radical (unpaired) electrons. The lowest BCUT2D eigenvalue weighted by atomic mass is 9.72. The molecule has 1 aliphatic carbocycles. The van der Waals surface area contributed by atoms with Crippen molar-refractivity contribution in [1.29, 1.82) is 0 Å². The fourth-order valence-corrected chi connectivity index (χ4v) is 3.32. The van der Waals surface area contributed by atoms with Gasteiger partial charge in [0.05, 0.1) is 5.54 Å². The summed E-state index contributed by atoms with van der Waals surface area (Å²) in [6.45, 7) is 0. The van der Waals surface area contributed by atoms with E-state index in [-0.39, 0.29) is 11.5 Å². The SMILES string of the molecule is O=C(Nc1ccc2c(c1)OC(F)(F)O2)NC1(c2ccc(Cl)cc2)CCC1. The van der Waals surface area contributed by atoms with Gasteiger partial charge in [-0.25, -0.2) is 4.79 Å². The Labute approximate surface area is 153 Å². The third-order valence-corrected chi connectivity index (χ3v) is 4.87. The van der Waals surface area contributed by atoms with Gasteiger partial charge in [-0.15, -0.1) is 8.78 Å². The summed E-state index contributed by atoms with van der Waals surface area (Å²) in [5.74, 6) is -0.193. The average Bonchev–Trinajstić information content (AvgIpc) is 2.85. The summed E-state index contributed by atoms with van der Waals surface area (Å²) in [4.78, 5) is 12.4. The van der Waals surface area contributed by atoms with Crippen LogP contribution in [-0.4, -0.2) is 12.3 Å². The van der Waals surface area contributed by atoms with Crippen molar-refractivity contribution in [2.45, 2.75) is 31.1 Å². The molecule has 0 atom stereocenters. The third kappa shape index (κ3) is 3.14. The zero-order chi connectivity index (χ0) is 18.4. The number of fused-ring (bicyclic) bond motifs is 1. The zero-order valence-corrected chi connectivity index (χ0v) is 14.3. The molecule has 2 N–H and O–H groups in total. The number of hydrogen-bond donors (Lipinski definition) is 2. The summed E-state index contributed by atoms with van der Waals surface area (Å²) in [5, 5.41) is 6.26. The molecule has 5 nitrogen and oxygen atoms in total. The fourth-order valence-electron chi connectivity index (χ4n) is 3.19. The summed E-state index contributed by atoms with van der Waals surface area (Å²) in [7, 11) is 0. The number of benzene rings is 2. The number of hydrogen-bond acceptors (Lipinski definition) is 3. The Morgan fingerprint density at radius 3 is 2.38 bits per heavy atom. The Balaban J connectivity index is 1.46. The Morgan fingerprint density at radius 2 is 1.73 bits per heavy atom. The number of rotatable bonds is 3. The van der Waals surface area contributed by atoms with Crippen LogP contribution >= 0.6 is 11.6 Å². The molecule has 1 heterocycles. The highest BCUT2D eigenvalue weighted by molar-refractivity contribution is 6.30. The lowest BCUT2D eigenvalue weighted by molar-refractivity contribution is -0.286. The van der Waals surface area contributed by atoms with Crippen LogP contribution in [0.4, 0.5) is 19.3 Å². The van der Waals surface area contributed by atoms with Crippen LogP contribution in [0.5, 0.6) is 11.5 Å². The molecule has 2 aromatic carbocycles. The van der Waals surface area contributed by atoms with E-state index in [0.29, 0.717) is 10.7 Å². The number of halogens is 3. The molecule has 1 saturated carbocycles. The molecule has 0 saturated heterocycles. The van der Waals surface area contributed by atoms with Crippen LogP contribution in [0, 0.1) is 0 Å². The summed E-state index contributed by atoms with van der Waals surface area (Å²) in [6.07, 6.45) is -1.05. The van der Waals surface area contributed by atoms with Crippen LogP contribution in [0.15, 0.2) is 42.5 Å². The molecule has 1 fully saturated rings. The second-order valence-electron chi connectivity index (χ2n) is 6.35. The van der Waals surface area contributed by atoms with Gasteiger partial charge in [0.25, 0.3) is 0 Å². The maximum atomic E-state index is 13.1. The van der Waals surface area contributed by atoms with Crippen LogP contribution in [-0.2, 0) is 5.54 Å². The third-order valence-electron chi connectivity index (χ3n) is 4.62. The van der Waals surface area contributed by atoms with Crippen molar-refractivity contribution in [3.05, 3.63) is 53.1 Å². The van der Waals surface area contributed by atoms with Gasteiger partial charge >= 0.3 is 12.3 Å². The van der Waals surface area contributed by atoms with Gasteiger partial charge < -0.3 is 20.1 Å². The zero-order valence-electron chi connectivity index (χ0n) is 13.5. The van der Waals surface area contributed by atoms with Crippen LogP contribution in [0.1, 0.15) is 24.8 Å². The topological polar surface area (TPSA) is 59.6 Å². The van der Waals surface area contributed by atoms with E-state index in [2.05, 4.69) is 20.1 Å². The van der Waals surface area contributed by atoms with E-state index in [0.717, 1.165) is 24.8 Å². The average molecular weight is 381 g/mol. The highest BCUT2D eigenvalue weighted by Crippen LogP contribution is 2.43. The Hall–Kier alpha value is -2.54. The normalized spacial score (nSPS) is 18.7. The van der Waals surface area contributed by atoms with Gasteiger partial charge in [-0.1, -0.05) is 23.7 Å². The Bertz CT molecular complexity index is 854. The van der Waals surface area contributed by atoms with Gasteiger partial charge in [0.1, 0.15) is 0 Å². The first-order valence-electron chi connectivity index (χ1n) is 8.10. The first-order chi connectivity index (χ1) is 12.4. The molecular formula is C18H15ClF2N2O3. The molecular weight excluding hydrogens is 366 g/mol. The number of carbonyl (C=O) groups excluding carboxylic acids is 1. The molecule has 2 aliphatic rings. The molecule has 0 aromatic heterocycles. The maximum absolute atomic E-state index is 13.1. The quantitative estimate of drug-likeness (QED) is 0.799. The van der Waals surface area contributed by atoms with E-state index in [1.807, 2.05) is 12.1 Å². The second-order valence-corrected chi connectivity index (χ2v) is 6.79. The van der Waals surface area contributed by atoms with Crippen molar-refractivity contribution in [3.63, 3.8) is 0 Å². The predicted octanol–water partition coefficient (Wildman–Crippen LogP) is 4.86. The van der Waals surface area contributed by atoms with Gasteiger partial charge in [-0.2, -0.15) is 0 Å². The van der Waals surface area contributed by atoms with Gasteiger partial charge in [-0.3, -0.25) is 0 Å². The van der Waals surface area contributed by atoms with E-state index in [4.69, 9.17) is 11.6 Å². The van der Waals surface area contributed by atoms with E-state index < -0.39 is 17.9 Å². The molecule has 136 valence electrons. The van der Waals surface area contributed by atoms with Crippen molar-refractivity contribution in [2.24, 2.45) is 0 Å². The first kappa shape index (κ1) is 16.9. The number of anilines is 1. The van der Waals surface area contributed by atoms with Crippen LogP contribution < -0.4 is 20.1 Å². The number of ether oxygens (including phenoxy) is 2. The minimum Gasteiger partial charge on any atom is -0.395 e. The number of amides is 2. The lowest BCUT2D eigenvalue weighted by Gasteiger charge is -2.43. The lowest BCUT2D eigenvalue weighted by Crippen LogP contribution is -2.52. The van der Waals surface area contributed by atoms with E-state index in [1.54, 1.807) is 12.1 Å². The Kier molecular flexibility index (Phi) is 3.91. The molecule has 0 bridgehead atoms. The van der Waals surface area contributed by atoms with E-state index in [9.17, 15) is 13.6 Å². The van der Waals surface area contributed by atoms with Crippen molar-refractivity contribution >= 4 is 23.3 Å². The standard InChI is InChI=1S/C18H15ClF2N2O3/c19-12-4-2-11(3-5-12)17(8-1-9-17)23-16(24)22-13-6-7-14-15(10-13)26-18(20,21)25-14/h2-7,10H,1,8-9H2,(H2,22,23,24). The fraction of sp³-hybridized carbons (Fsp3) is 0.278. The maximum Gasteiger partial charge on any atom is 0.586 e. The molecule has 4 rings (SSSR count). The highest BCUT2D eigenvalue weighted by Gasteiger charge is 2.43. The molecule has 0 spiro atoms. The molecule has 2 aromatic rings. The molecule has 1 aliphatic heterocycles. The van der Waals surface area contributed by atoms with Gasteiger partial charge in [0.2, 0.25) is 0 Å². The second kappa shape index (κ2) is 6.02. The number of urea groups is 1. The van der Waals surface area contributed by atoms with Crippen molar-refractivity contribution in [1.82, 2.24) is 5.32 Å². The van der Waals surface area contributed by atoms with Crippen LogP contribution in [0.2, 0.25) is 5.02 Å². The van der Waals surface area contributed by atoms with E-state index >= 15 is 0 Å². The first-order valence-corrected chi connectivity index (χ1v) is 8.48. The van der Waals surface area contributed by atoms with Crippen molar-refractivity contribution in [3.8, 4) is 11.5 Å². The van der Waals surface area contributed by atoms with Crippen LogP contribution in [0.3, 0.4) is 0 Å². The van der Waals surface area contributed by atoms with Gasteiger partial charge in [0, 0.05) is 16.8 Å². The number of carbonyl (C=O) groups is 1. The predicted molar refractivity (Wildman–Crippen MR) is 91.8 cm³/mol. The monoisotopic (exact) mass is 380 g/mol. The summed E-state index contributed by atoms with van der Waals surface area (Å²) in [6, 6.07) is 11.0. The number of alkyl halides is 2. The van der Waals surface area contributed by atoms with Crippen molar-refractivity contribution in [2.75, 3.05) is 5.32 Å². The van der Waals surface area contributed by atoms with Gasteiger partial charge in [0.15, 0.2) is 11.5 Å². The summed E-state index contributed by atoms with van der Waals surface area (Å²) < 4.78 is 34.9. The molecule has 8 heteroatoms. The minimum atomic E-state index is -3.69. The number of nitrogens with one attached hydrogen (secondary N) is 2. The highest BCUT2D eigenvalue weighted by atomic mass is 35.5. The molecule has 2 amide bonds. The summed E-state index contributed by atoms with van der Waals surface area (Å²) in [5.41, 5.74) is 0.861. The smallest absolute Gasteiger partial charge is 0.395 e. The molecule has 26 heavy (non-hydrogen) atoms. The largest absolute Gasteiger partial charge is 0.586 e. The molecule has 0 unspecified atom stereocenters. The van der Waals surface area contributed by atoms with Gasteiger partial charge in [-0.05, 0) is 49.1 Å². The summed E-state index contributed by atoms with van der Waals surface area (Å²) >= 11 is 5.93. The van der Waals surface area contributed by atoms with E-state index in [1.165, 1.54) is 18.2 Å². The minimum absolute atomic E-state index is 0.0717. The van der Waals surface area contributed by atoms with Crippen LogP contribution in [0.25, 0.3) is 0 Å².